The van der Waals surface area contributed by atoms with Crippen LogP contribution in [-0.2, 0) is 0 Å². The second kappa shape index (κ2) is 5.84. The predicted octanol–water partition coefficient (Wildman–Crippen LogP) is 5.43. The second-order valence-electron chi connectivity index (χ2n) is 8.03. The van der Waals surface area contributed by atoms with Gasteiger partial charge in [0.2, 0.25) is 5.13 Å². The molecule has 2 bridgehead atoms. The maximum absolute atomic E-state index is 5.21. The number of thiazole rings is 1. The first kappa shape index (κ1) is 16.6. The fourth-order valence-electron chi connectivity index (χ4n) is 4.45. The summed E-state index contributed by atoms with van der Waals surface area (Å²) in [4.78, 5) is 4.67. The molecule has 4 rings (SSSR count). The first-order valence-corrected chi connectivity index (χ1v) is 9.73. The molecule has 2 aliphatic carbocycles. The molecule has 25 heavy (non-hydrogen) atoms. The van der Waals surface area contributed by atoms with Crippen LogP contribution in [0.3, 0.4) is 0 Å². The van der Waals surface area contributed by atoms with Gasteiger partial charge in [0, 0.05) is 22.6 Å². The van der Waals surface area contributed by atoms with Crippen molar-refractivity contribution in [3.8, 4) is 17.0 Å². The average Bonchev–Trinajstić information content (AvgIpc) is 3.22. The molecular weight excluding hydrogens is 330 g/mol. The number of fused-ring (bicyclic) bond motifs is 2. The number of nitrogens with zero attached hydrogens (tertiary/aromatic N) is 2. The van der Waals surface area contributed by atoms with Gasteiger partial charge in [-0.05, 0) is 54.4 Å². The van der Waals surface area contributed by atoms with Gasteiger partial charge in [0.1, 0.15) is 5.75 Å². The third kappa shape index (κ3) is 2.65. The van der Waals surface area contributed by atoms with Crippen LogP contribution < -0.4 is 10.2 Å². The van der Waals surface area contributed by atoms with E-state index >= 15 is 0 Å². The Morgan fingerprint density at radius 2 is 2.00 bits per heavy atom. The van der Waals surface area contributed by atoms with Crippen LogP contribution in [0.15, 0.2) is 34.7 Å². The van der Waals surface area contributed by atoms with Crippen LogP contribution >= 0.6 is 11.3 Å². The molecule has 2 saturated carbocycles. The average molecular weight is 356 g/mol. The zero-order chi connectivity index (χ0) is 17.7. The number of aromatic nitrogens is 1. The molecule has 2 atom stereocenters. The van der Waals surface area contributed by atoms with E-state index in [0.29, 0.717) is 16.7 Å². The number of hydrazone groups is 1. The molecule has 1 heterocycles. The minimum atomic E-state index is 0.352. The standard InChI is InChI=1S/C20H25N3OS/c1-19(2)15-9-10-20(19,3)11-16(15)22-23-18-21-17(12-25-18)13-5-7-14(24-4)8-6-13/h5-8,12,15H,9-11H2,1-4H3,(H,21,23)/b22-16+/t15-,20-/m1/s1. The highest BCUT2D eigenvalue weighted by Crippen LogP contribution is 2.64. The normalized spacial score (nSPS) is 28.5. The molecule has 0 amide bonds. The van der Waals surface area contributed by atoms with Crippen molar-refractivity contribution >= 4 is 22.2 Å². The van der Waals surface area contributed by atoms with Crippen molar-refractivity contribution in [1.29, 1.82) is 0 Å². The maximum Gasteiger partial charge on any atom is 0.203 e. The Balaban J connectivity index is 1.49. The van der Waals surface area contributed by atoms with E-state index in [9.17, 15) is 0 Å². The van der Waals surface area contributed by atoms with Crippen LogP contribution in [0, 0.1) is 16.7 Å². The van der Waals surface area contributed by atoms with Gasteiger partial charge in [0.25, 0.3) is 0 Å². The summed E-state index contributed by atoms with van der Waals surface area (Å²) in [5.41, 5.74) is 7.34. The third-order valence-electron chi connectivity index (χ3n) is 6.57. The maximum atomic E-state index is 5.21. The van der Waals surface area contributed by atoms with Crippen molar-refractivity contribution in [1.82, 2.24) is 4.98 Å². The van der Waals surface area contributed by atoms with Crippen molar-refractivity contribution in [3.63, 3.8) is 0 Å². The molecule has 0 unspecified atom stereocenters. The number of benzene rings is 1. The monoisotopic (exact) mass is 355 g/mol. The molecule has 1 N–H and O–H groups in total. The molecule has 2 aromatic rings. The van der Waals surface area contributed by atoms with Gasteiger partial charge >= 0.3 is 0 Å². The van der Waals surface area contributed by atoms with Crippen LogP contribution in [0.2, 0.25) is 0 Å². The van der Waals surface area contributed by atoms with Crippen LogP contribution in [0.4, 0.5) is 5.13 Å². The smallest absolute Gasteiger partial charge is 0.203 e. The number of rotatable bonds is 4. The predicted molar refractivity (Wildman–Crippen MR) is 104 cm³/mol. The Morgan fingerprint density at radius 1 is 1.24 bits per heavy atom. The Kier molecular flexibility index (Phi) is 3.87. The summed E-state index contributed by atoms with van der Waals surface area (Å²) in [6, 6.07) is 7.98. The van der Waals surface area contributed by atoms with Crippen LogP contribution in [0.1, 0.15) is 40.0 Å². The van der Waals surface area contributed by atoms with Crippen molar-refractivity contribution in [2.45, 2.75) is 40.0 Å². The first-order chi connectivity index (χ1) is 11.9. The van der Waals surface area contributed by atoms with Crippen LogP contribution in [-0.4, -0.2) is 17.8 Å². The van der Waals surface area contributed by atoms with Gasteiger partial charge in [-0.25, -0.2) is 4.98 Å². The van der Waals surface area contributed by atoms with Crippen LogP contribution in [0.5, 0.6) is 5.75 Å². The van der Waals surface area contributed by atoms with E-state index in [-0.39, 0.29) is 0 Å². The number of methoxy groups -OCH3 is 1. The summed E-state index contributed by atoms with van der Waals surface area (Å²) in [5.74, 6) is 1.46. The largest absolute Gasteiger partial charge is 0.497 e. The van der Waals surface area contributed by atoms with E-state index in [1.165, 1.54) is 18.6 Å². The van der Waals surface area contributed by atoms with Gasteiger partial charge in [0.15, 0.2) is 0 Å². The molecule has 0 spiro atoms. The summed E-state index contributed by atoms with van der Waals surface area (Å²) in [7, 11) is 1.68. The highest BCUT2D eigenvalue weighted by Gasteiger charge is 2.59. The first-order valence-electron chi connectivity index (χ1n) is 8.85. The molecule has 2 aliphatic rings. The molecular formula is C20H25N3OS. The summed E-state index contributed by atoms with van der Waals surface area (Å²) in [6.45, 7) is 7.22. The quantitative estimate of drug-likeness (QED) is 0.744. The molecule has 4 nitrogen and oxygen atoms in total. The molecule has 1 aromatic heterocycles. The fraction of sp³-hybridized carbons (Fsp3) is 0.500. The molecule has 0 aliphatic heterocycles. The Labute approximate surface area is 153 Å². The fourth-order valence-corrected chi connectivity index (χ4v) is 5.11. The highest BCUT2D eigenvalue weighted by atomic mass is 32.1. The van der Waals surface area contributed by atoms with Gasteiger partial charge in [-0.2, -0.15) is 5.10 Å². The van der Waals surface area contributed by atoms with Gasteiger partial charge < -0.3 is 4.74 Å². The number of hydrogen-bond acceptors (Lipinski definition) is 5. The summed E-state index contributed by atoms with van der Waals surface area (Å²) in [5, 5.41) is 7.66. The molecule has 5 heteroatoms. The molecule has 132 valence electrons. The number of nitrogens with one attached hydrogen (secondary N) is 1. The number of ether oxygens (including phenoxy) is 1. The van der Waals surface area contributed by atoms with Crippen molar-refractivity contribution in [2.75, 3.05) is 12.5 Å². The Bertz CT molecular complexity index is 806. The van der Waals surface area contributed by atoms with Gasteiger partial charge in [0.05, 0.1) is 12.8 Å². The second-order valence-corrected chi connectivity index (χ2v) is 8.89. The van der Waals surface area contributed by atoms with Crippen molar-refractivity contribution in [2.24, 2.45) is 21.8 Å². The lowest BCUT2D eigenvalue weighted by Crippen LogP contribution is -2.26. The lowest BCUT2D eigenvalue weighted by atomic mass is 9.71. The Hall–Kier alpha value is -1.88. The molecule has 0 saturated heterocycles. The van der Waals surface area contributed by atoms with E-state index < -0.39 is 0 Å². The van der Waals surface area contributed by atoms with Gasteiger partial charge in [-0.15, -0.1) is 11.3 Å². The van der Waals surface area contributed by atoms with Crippen molar-refractivity contribution < 1.29 is 4.74 Å². The van der Waals surface area contributed by atoms with Crippen LogP contribution in [0.25, 0.3) is 11.3 Å². The summed E-state index contributed by atoms with van der Waals surface area (Å²) < 4.78 is 5.21. The van der Waals surface area contributed by atoms with E-state index in [0.717, 1.165) is 28.6 Å². The summed E-state index contributed by atoms with van der Waals surface area (Å²) >= 11 is 1.60. The zero-order valence-corrected chi connectivity index (χ0v) is 16.1. The van der Waals surface area contributed by atoms with E-state index in [4.69, 9.17) is 9.84 Å². The van der Waals surface area contributed by atoms with Gasteiger partial charge in [-0.1, -0.05) is 20.8 Å². The minimum Gasteiger partial charge on any atom is -0.497 e. The zero-order valence-electron chi connectivity index (χ0n) is 15.3. The van der Waals surface area contributed by atoms with Crippen molar-refractivity contribution in [3.05, 3.63) is 29.6 Å². The lowest BCUT2D eigenvalue weighted by Gasteiger charge is -2.33. The minimum absolute atomic E-state index is 0.352. The number of hydrogen-bond donors (Lipinski definition) is 1. The molecule has 1 aromatic carbocycles. The van der Waals surface area contributed by atoms with E-state index in [1.54, 1.807) is 18.4 Å². The Morgan fingerprint density at radius 3 is 2.60 bits per heavy atom. The SMILES string of the molecule is COc1ccc(-c2csc(N/N=C3\C[C@@]4(C)CC[C@H]3C4(C)C)n2)cc1. The number of anilines is 1. The van der Waals surface area contributed by atoms with E-state index in [1.807, 2.05) is 24.3 Å². The highest BCUT2D eigenvalue weighted by molar-refractivity contribution is 7.14. The topological polar surface area (TPSA) is 46.5 Å². The van der Waals surface area contributed by atoms with E-state index in [2.05, 4.69) is 36.6 Å². The molecule has 0 radical (unpaired) electrons. The third-order valence-corrected chi connectivity index (χ3v) is 7.32. The van der Waals surface area contributed by atoms with Gasteiger partial charge in [-0.3, -0.25) is 5.43 Å². The molecule has 2 fully saturated rings. The summed E-state index contributed by atoms with van der Waals surface area (Å²) in [6.07, 6.45) is 3.69. The lowest BCUT2D eigenvalue weighted by molar-refractivity contribution is 0.152.